The topological polar surface area (TPSA) is 65.1 Å². The van der Waals surface area contributed by atoms with Crippen LogP contribution in [-0.4, -0.2) is 36.1 Å². The molecule has 3 N–H and O–H groups in total. The molecule has 0 aliphatic rings. The van der Waals surface area contributed by atoms with Crippen LogP contribution in [0, 0.1) is 0 Å². The first-order valence-electron chi connectivity index (χ1n) is 9.02. The summed E-state index contributed by atoms with van der Waals surface area (Å²) >= 11 is 0. The number of H-pyrrole nitrogens is 1. The molecule has 0 saturated carbocycles. The molecule has 0 amide bonds. The Bertz CT molecular complexity index is 831. The molecule has 136 valence electrons. The van der Waals surface area contributed by atoms with Crippen LogP contribution in [-0.2, 0) is 11.8 Å². The van der Waals surface area contributed by atoms with E-state index in [4.69, 9.17) is 0 Å². The standard InChI is InChI=1S/C21H27N5/c1-21(2,16-9-5-4-6-10-16)15-24-20(22-3)23-14-13-19-25-17-11-7-8-12-18(17)26-19/h4-12H,13-15H2,1-3H3,(H,25,26)(H2,22,23,24). The summed E-state index contributed by atoms with van der Waals surface area (Å²) in [5.41, 5.74) is 3.42. The molecule has 3 aromatic rings. The van der Waals surface area contributed by atoms with E-state index in [1.165, 1.54) is 5.56 Å². The normalized spacial score (nSPS) is 12.3. The van der Waals surface area contributed by atoms with Gasteiger partial charge in [0.2, 0.25) is 0 Å². The Balaban J connectivity index is 1.50. The molecule has 3 rings (SSSR count). The van der Waals surface area contributed by atoms with Crippen LogP contribution in [0.5, 0.6) is 0 Å². The second-order valence-corrected chi connectivity index (χ2v) is 7.05. The number of nitrogens with zero attached hydrogens (tertiary/aromatic N) is 2. The molecule has 0 radical (unpaired) electrons. The summed E-state index contributed by atoms with van der Waals surface area (Å²) in [6.07, 6.45) is 0.817. The highest BCUT2D eigenvalue weighted by atomic mass is 15.2. The fourth-order valence-corrected chi connectivity index (χ4v) is 2.94. The van der Waals surface area contributed by atoms with Gasteiger partial charge in [-0.15, -0.1) is 0 Å². The van der Waals surface area contributed by atoms with Crippen molar-refractivity contribution in [3.63, 3.8) is 0 Å². The van der Waals surface area contributed by atoms with Gasteiger partial charge in [-0.05, 0) is 17.7 Å². The van der Waals surface area contributed by atoms with Crippen molar-refractivity contribution < 1.29 is 0 Å². The number of hydrogen-bond donors (Lipinski definition) is 3. The zero-order valence-electron chi connectivity index (χ0n) is 15.7. The number of benzene rings is 2. The molecule has 1 aromatic heterocycles. The van der Waals surface area contributed by atoms with Crippen LogP contribution < -0.4 is 10.6 Å². The largest absolute Gasteiger partial charge is 0.356 e. The first kappa shape index (κ1) is 18.0. The van der Waals surface area contributed by atoms with Crippen LogP contribution in [0.2, 0.25) is 0 Å². The lowest BCUT2D eigenvalue weighted by atomic mass is 9.85. The maximum absolute atomic E-state index is 4.60. The maximum Gasteiger partial charge on any atom is 0.191 e. The van der Waals surface area contributed by atoms with E-state index in [-0.39, 0.29) is 5.41 Å². The second-order valence-electron chi connectivity index (χ2n) is 7.05. The molecular formula is C21H27N5. The van der Waals surface area contributed by atoms with Crippen molar-refractivity contribution in [2.45, 2.75) is 25.7 Å². The summed E-state index contributed by atoms with van der Waals surface area (Å²) in [6, 6.07) is 18.6. The van der Waals surface area contributed by atoms with E-state index in [1.807, 2.05) is 30.3 Å². The Morgan fingerprint density at radius 3 is 2.50 bits per heavy atom. The molecule has 0 bridgehead atoms. The van der Waals surface area contributed by atoms with Crippen molar-refractivity contribution in [3.8, 4) is 0 Å². The number of nitrogens with one attached hydrogen (secondary N) is 3. The first-order chi connectivity index (χ1) is 12.6. The van der Waals surface area contributed by atoms with Crippen LogP contribution in [0.25, 0.3) is 11.0 Å². The summed E-state index contributed by atoms with van der Waals surface area (Å²) in [7, 11) is 1.80. The molecule has 5 nitrogen and oxygen atoms in total. The van der Waals surface area contributed by atoms with Gasteiger partial charge in [-0.3, -0.25) is 4.99 Å². The highest BCUT2D eigenvalue weighted by Crippen LogP contribution is 2.21. The molecule has 2 aromatic carbocycles. The van der Waals surface area contributed by atoms with E-state index >= 15 is 0 Å². The average molecular weight is 349 g/mol. The van der Waals surface area contributed by atoms with E-state index in [2.05, 4.69) is 63.7 Å². The summed E-state index contributed by atoms with van der Waals surface area (Å²) in [4.78, 5) is 12.3. The van der Waals surface area contributed by atoms with E-state index in [0.29, 0.717) is 0 Å². The zero-order valence-corrected chi connectivity index (χ0v) is 15.7. The molecule has 26 heavy (non-hydrogen) atoms. The van der Waals surface area contributed by atoms with Gasteiger partial charge in [0.15, 0.2) is 5.96 Å². The average Bonchev–Trinajstić information content (AvgIpc) is 3.08. The SMILES string of the molecule is CN=C(NCCc1nc2ccccc2[nH]1)NCC(C)(C)c1ccccc1. The zero-order chi connectivity index (χ0) is 18.4. The van der Waals surface area contributed by atoms with Crippen molar-refractivity contribution in [1.82, 2.24) is 20.6 Å². The highest BCUT2D eigenvalue weighted by molar-refractivity contribution is 5.79. The summed E-state index contributed by atoms with van der Waals surface area (Å²) < 4.78 is 0. The molecule has 0 atom stereocenters. The third-order valence-electron chi connectivity index (χ3n) is 4.57. The fourth-order valence-electron chi connectivity index (χ4n) is 2.94. The number of para-hydroxylation sites is 2. The number of aromatic nitrogens is 2. The number of guanidine groups is 1. The molecule has 0 aliphatic heterocycles. The smallest absolute Gasteiger partial charge is 0.191 e. The van der Waals surface area contributed by atoms with Crippen LogP contribution in [0.3, 0.4) is 0 Å². The third kappa shape index (κ3) is 4.42. The summed E-state index contributed by atoms with van der Waals surface area (Å²) in [6.45, 7) is 6.04. The lowest BCUT2D eigenvalue weighted by Gasteiger charge is -2.26. The number of rotatable bonds is 6. The molecule has 5 heteroatoms. The molecule has 1 heterocycles. The third-order valence-corrected chi connectivity index (χ3v) is 4.57. The van der Waals surface area contributed by atoms with Crippen molar-refractivity contribution >= 4 is 17.0 Å². The number of hydrogen-bond acceptors (Lipinski definition) is 2. The molecule has 0 unspecified atom stereocenters. The van der Waals surface area contributed by atoms with Gasteiger partial charge in [-0.1, -0.05) is 56.3 Å². The van der Waals surface area contributed by atoms with Crippen molar-refractivity contribution in [2.24, 2.45) is 4.99 Å². The van der Waals surface area contributed by atoms with E-state index in [0.717, 1.165) is 42.3 Å². The van der Waals surface area contributed by atoms with Crippen molar-refractivity contribution in [2.75, 3.05) is 20.1 Å². The van der Waals surface area contributed by atoms with E-state index < -0.39 is 0 Å². The number of aliphatic imine (C=N–C) groups is 1. The Labute approximate surface area is 155 Å². The molecule has 0 fully saturated rings. The van der Waals surface area contributed by atoms with Crippen LogP contribution in [0.15, 0.2) is 59.6 Å². The lowest BCUT2D eigenvalue weighted by molar-refractivity contribution is 0.508. The van der Waals surface area contributed by atoms with Crippen LogP contribution in [0.1, 0.15) is 25.2 Å². The predicted molar refractivity (Wildman–Crippen MR) is 109 cm³/mol. The van der Waals surface area contributed by atoms with Crippen molar-refractivity contribution in [1.29, 1.82) is 0 Å². The first-order valence-corrected chi connectivity index (χ1v) is 9.02. The van der Waals surface area contributed by atoms with Gasteiger partial charge < -0.3 is 15.6 Å². The van der Waals surface area contributed by atoms with Gasteiger partial charge in [0.1, 0.15) is 5.82 Å². The minimum Gasteiger partial charge on any atom is -0.356 e. The lowest BCUT2D eigenvalue weighted by Crippen LogP contribution is -2.44. The Morgan fingerprint density at radius 2 is 1.77 bits per heavy atom. The summed E-state index contributed by atoms with van der Waals surface area (Å²) in [5.74, 6) is 1.80. The Hall–Kier alpha value is -2.82. The highest BCUT2D eigenvalue weighted by Gasteiger charge is 2.20. The quantitative estimate of drug-likeness (QED) is 0.473. The fraction of sp³-hybridized carbons (Fsp3) is 0.333. The minimum atomic E-state index is 0.0254. The maximum atomic E-state index is 4.60. The molecule has 0 spiro atoms. The predicted octanol–water partition coefficient (Wildman–Crippen LogP) is 3.25. The van der Waals surface area contributed by atoms with Gasteiger partial charge in [-0.2, -0.15) is 0 Å². The summed E-state index contributed by atoms with van der Waals surface area (Å²) in [5, 5.41) is 6.79. The number of fused-ring (bicyclic) bond motifs is 1. The number of imidazole rings is 1. The van der Waals surface area contributed by atoms with Gasteiger partial charge in [0.25, 0.3) is 0 Å². The molecular weight excluding hydrogens is 322 g/mol. The second kappa shape index (κ2) is 8.04. The van der Waals surface area contributed by atoms with Gasteiger partial charge in [0, 0.05) is 32.0 Å². The Morgan fingerprint density at radius 1 is 1.04 bits per heavy atom. The Kier molecular flexibility index (Phi) is 5.56. The van der Waals surface area contributed by atoms with Gasteiger partial charge >= 0.3 is 0 Å². The van der Waals surface area contributed by atoms with E-state index in [1.54, 1.807) is 7.05 Å². The van der Waals surface area contributed by atoms with Crippen LogP contribution >= 0.6 is 0 Å². The molecule has 0 aliphatic carbocycles. The van der Waals surface area contributed by atoms with E-state index in [9.17, 15) is 0 Å². The van der Waals surface area contributed by atoms with Gasteiger partial charge in [-0.25, -0.2) is 4.98 Å². The monoisotopic (exact) mass is 349 g/mol. The number of aromatic amines is 1. The van der Waals surface area contributed by atoms with Crippen molar-refractivity contribution in [3.05, 3.63) is 66.0 Å². The van der Waals surface area contributed by atoms with Crippen LogP contribution in [0.4, 0.5) is 0 Å². The molecule has 0 saturated heterocycles. The minimum absolute atomic E-state index is 0.0254. The van der Waals surface area contributed by atoms with Gasteiger partial charge in [0.05, 0.1) is 11.0 Å².